The van der Waals surface area contributed by atoms with Gasteiger partial charge in [-0.2, -0.15) is 0 Å². The number of anilines is 1. The van der Waals surface area contributed by atoms with Crippen molar-refractivity contribution in [3.8, 4) is 0 Å². The number of amides is 1. The molecule has 2 aliphatic rings. The number of imidazole rings is 1. The van der Waals surface area contributed by atoms with Crippen LogP contribution in [-0.4, -0.2) is 68.5 Å². The molecule has 0 aliphatic carbocycles. The average molecular weight is 398 g/mol. The summed E-state index contributed by atoms with van der Waals surface area (Å²) in [6.45, 7) is 1.83. The van der Waals surface area contributed by atoms with Gasteiger partial charge >= 0.3 is 0 Å². The monoisotopic (exact) mass is 397 g/mol. The van der Waals surface area contributed by atoms with Crippen LogP contribution in [0.5, 0.6) is 0 Å². The normalized spacial score (nSPS) is 22.8. The molecule has 1 saturated heterocycles. The Hall–Kier alpha value is -1.88. The number of halogens is 1. The molecule has 0 unspecified atom stereocenters. The van der Waals surface area contributed by atoms with Gasteiger partial charge in [0.2, 0.25) is 0 Å². The van der Waals surface area contributed by atoms with E-state index in [2.05, 4.69) is 30.6 Å². The second kappa shape index (κ2) is 8.21. The number of aromatic nitrogens is 4. The fraction of sp³-hybridized carbons (Fsp3) is 0.467. The molecule has 2 aromatic heterocycles. The topological polar surface area (TPSA) is 119 Å². The molecule has 4 heterocycles. The summed E-state index contributed by atoms with van der Waals surface area (Å²) < 4.78 is 0. The van der Waals surface area contributed by atoms with E-state index in [1.165, 1.54) is 18.1 Å². The van der Waals surface area contributed by atoms with Gasteiger partial charge < -0.3 is 25.6 Å². The van der Waals surface area contributed by atoms with Crippen molar-refractivity contribution in [1.29, 1.82) is 0 Å². The number of aliphatic hydroxyl groups excluding tert-OH is 1. The molecule has 1 fully saturated rings. The number of β-amino-alcohol motifs (C(OH)–C–C–N with tert-alkyl or cyclic N) is 1. The van der Waals surface area contributed by atoms with Gasteiger partial charge in [0, 0.05) is 37.6 Å². The molecule has 2 aliphatic heterocycles. The first kappa shape index (κ1) is 18.9. The minimum Gasteiger partial charge on any atom is -0.392 e. The summed E-state index contributed by atoms with van der Waals surface area (Å²) in [5, 5.41) is 15.6. The van der Waals surface area contributed by atoms with Gasteiger partial charge in [-0.25, -0.2) is 15.0 Å². The van der Waals surface area contributed by atoms with Crippen molar-refractivity contribution in [2.75, 3.05) is 30.3 Å². The van der Waals surface area contributed by atoms with Gasteiger partial charge in [0.25, 0.3) is 5.91 Å². The Bertz CT molecular complexity index is 814. The number of H-pyrrole nitrogens is 1. The summed E-state index contributed by atoms with van der Waals surface area (Å²) in [4.78, 5) is 30.7. The molecule has 4 N–H and O–H groups in total. The van der Waals surface area contributed by atoms with E-state index < -0.39 is 0 Å². The lowest BCUT2D eigenvalue weighted by molar-refractivity contribution is -0.116. The van der Waals surface area contributed by atoms with Crippen LogP contribution < -0.4 is 15.5 Å². The number of hydrogen-bond donors (Lipinski definition) is 4. The quantitative estimate of drug-likeness (QED) is 0.569. The number of nitrogens with one attached hydrogen (secondary N) is 3. The number of fused-ring (bicyclic) bond motifs is 1. The fourth-order valence-electron chi connectivity index (χ4n) is 3.01. The lowest BCUT2D eigenvalue weighted by atomic mass is 10.2. The summed E-state index contributed by atoms with van der Waals surface area (Å²) in [6.07, 6.45) is 5.23. The molecular formula is C15H20ClN7O2S. The number of aliphatic hydroxyl groups is 1. The van der Waals surface area contributed by atoms with E-state index >= 15 is 0 Å². The molecular weight excluding hydrogens is 378 g/mol. The molecule has 4 rings (SSSR count). The van der Waals surface area contributed by atoms with Gasteiger partial charge in [0.05, 0.1) is 17.3 Å². The number of hydrogen-bond acceptors (Lipinski definition) is 8. The van der Waals surface area contributed by atoms with Crippen LogP contribution in [0.4, 0.5) is 5.82 Å². The van der Waals surface area contributed by atoms with Crippen LogP contribution in [0.15, 0.2) is 23.8 Å². The zero-order valence-electron chi connectivity index (χ0n) is 13.9. The standard InChI is InChI=1S/C15H19N7O2S.ClH/c23-10-3-9(16-5-10)4-17-15(24)11-6-22(1-2-25-11)14-12-13(19-7-18-12)20-8-21-14;/h6-10,16,23H,1-5H2,(H,17,24)(H,18,19,20,21);1H/t9-,10-;/m0./s1. The Balaban J connectivity index is 0.00000196. The van der Waals surface area contributed by atoms with Gasteiger partial charge in [0.15, 0.2) is 17.0 Å². The van der Waals surface area contributed by atoms with Crippen LogP contribution in [-0.2, 0) is 4.79 Å². The van der Waals surface area contributed by atoms with Crippen LogP contribution in [0.2, 0.25) is 0 Å². The Kier molecular flexibility index (Phi) is 5.97. The van der Waals surface area contributed by atoms with E-state index in [-0.39, 0.29) is 30.5 Å². The molecule has 0 bridgehead atoms. The maximum absolute atomic E-state index is 12.5. The molecule has 0 saturated carbocycles. The molecule has 0 spiro atoms. The molecule has 0 aromatic carbocycles. The summed E-state index contributed by atoms with van der Waals surface area (Å²) in [5.74, 6) is 1.37. The highest BCUT2D eigenvalue weighted by atomic mass is 35.5. The first-order valence-corrected chi connectivity index (χ1v) is 9.14. The van der Waals surface area contributed by atoms with Crippen molar-refractivity contribution < 1.29 is 9.90 Å². The number of thioether (sulfide) groups is 1. The number of carbonyl (C=O) groups excluding carboxylic acids is 1. The van der Waals surface area contributed by atoms with E-state index in [0.717, 1.165) is 12.3 Å². The first-order valence-electron chi connectivity index (χ1n) is 8.15. The zero-order valence-corrected chi connectivity index (χ0v) is 15.5. The number of rotatable bonds is 4. The molecule has 2 atom stereocenters. The Morgan fingerprint density at radius 1 is 1.42 bits per heavy atom. The van der Waals surface area contributed by atoms with Crippen LogP contribution in [0.3, 0.4) is 0 Å². The van der Waals surface area contributed by atoms with Gasteiger partial charge in [-0.3, -0.25) is 4.79 Å². The van der Waals surface area contributed by atoms with Crippen molar-refractivity contribution >= 4 is 47.1 Å². The predicted molar refractivity (Wildman–Crippen MR) is 102 cm³/mol. The Morgan fingerprint density at radius 3 is 3.12 bits per heavy atom. The van der Waals surface area contributed by atoms with E-state index in [9.17, 15) is 9.90 Å². The summed E-state index contributed by atoms with van der Waals surface area (Å²) in [7, 11) is 0. The van der Waals surface area contributed by atoms with Crippen LogP contribution in [0, 0.1) is 0 Å². The van der Waals surface area contributed by atoms with E-state index in [4.69, 9.17) is 0 Å². The van der Waals surface area contributed by atoms with Crippen molar-refractivity contribution in [2.24, 2.45) is 0 Å². The SMILES string of the molecule is Cl.O=C(NC[C@@H]1C[C@H](O)CN1)C1=CN(c2ncnc3[nH]cnc23)CCS1. The molecule has 26 heavy (non-hydrogen) atoms. The first-order chi connectivity index (χ1) is 12.2. The molecule has 2 aromatic rings. The van der Waals surface area contributed by atoms with Gasteiger partial charge in [-0.15, -0.1) is 24.2 Å². The Morgan fingerprint density at radius 2 is 2.31 bits per heavy atom. The molecule has 140 valence electrons. The van der Waals surface area contributed by atoms with Crippen molar-refractivity contribution in [3.63, 3.8) is 0 Å². The Labute approximate surface area is 160 Å². The lowest BCUT2D eigenvalue weighted by Gasteiger charge is -2.25. The molecule has 9 nitrogen and oxygen atoms in total. The van der Waals surface area contributed by atoms with Gasteiger partial charge in [0.1, 0.15) is 6.33 Å². The van der Waals surface area contributed by atoms with Crippen LogP contribution in [0.25, 0.3) is 11.2 Å². The zero-order chi connectivity index (χ0) is 17.2. The lowest BCUT2D eigenvalue weighted by Crippen LogP contribution is -2.38. The second-order valence-electron chi connectivity index (χ2n) is 6.04. The summed E-state index contributed by atoms with van der Waals surface area (Å²) in [6, 6.07) is 0.120. The highest BCUT2D eigenvalue weighted by molar-refractivity contribution is 8.04. The van der Waals surface area contributed by atoms with Gasteiger partial charge in [-0.1, -0.05) is 0 Å². The minimum absolute atomic E-state index is 0. The van der Waals surface area contributed by atoms with E-state index in [0.29, 0.717) is 41.4 Å². The van der Waals surface area contributed by atoms with E-state index in [1.807, 2.05) is 11.1 Å². The fourth-order valence-corrected chi connectivity index (χ4v) is 3.92. The second-order valence-corrected chi connectivity index (χ2v) is 7.17. The number of nitrogens with zero attached hydrogens (tertiary/aromatic N) is 4. The maximum Gasteiger partial charge on any atom is 0.259 e. The summed E-state index contributed by atoms with van der Waals surface area (Å²) >= 11 is 1.53. The maximum atomic E-state index is 12.5. The van der Waals surface area contributed by atoms with Crippen LogP contribution >= 0.6 is 24.2 Å². The third-order valence-corrected chi connectivity index (χ3v) is 5.25. The van der Waals surface area contributed by atoms with Crippen molar-refractivity contribution in [1.82, 2.24) is 30.6 Å². The minimum atomic E-state index is -0.324. The van der Waals surface area contributed by atoms with Crippen molar-refractivity contribution in [2.45, 2.75) is 18.6 Å². The number of carbonyl (C=O) groups is 1. The molecule has 11 heteroatoms. The molecule has 0 radical (unpaired) electrons. The number of aromatic amines is 1. The average Bonchev–Trinajstić information content (AvgIpc) is 3.28. The smallest absolute Gasteiger partial charge is 0.259 e. The third kappa shape index (κ3) is 3.93. The predicted octanol–water partition coefficient (Wildman–Crippen LogP) is 0.00830. The van der Waals surface area contributed by atoms with Crippen LogP contribution in [0.1, 0.15) is 6.42 Å². The van der Waals surface area contributed by atoms with Gasteiger partial charge in [-0.05, 0) is 6.42 Å². The molecule has 1 amide bonds. The highest BCUT2D eigenvalue weighted by Gasteiger charge is 2.24. The summed E-state index contributed by atoms with van der Waals surface area (Å²) in [5.41, 5.74) is 1.36. The third-order valence-electron chi connectivity index (χ3n) is 4.26. The largest absolute Gasteiger partial charge is 0.392 e. The van der Waals surface area contributed by atoms with E-state index in [1.54, 1.807) is 6.33 Å². The highest BCUT2D eigenvalue weighted by Crippen LogP contribution is 2.27. The van der Waals surface area contributed by atoms with Crippen molar-refractivity contribution in [3.05, 3.63) is 23.8 Å².